The van der Waals surface area contributed by atoms with Crippen molar-refractivity contribution in [2.75, 3.05) is 7.11 Å². The first-order valence-electron chi connectivity index (χ1n) is 6.87. The van der Waals surface area contributed by atoms with E-state index in [0.717, 1.165) is 11.1 Å². The summed E-state index contributed by atoms with van der Waals surface area (Å²) >= 11 is 0. The Morgan fingerprint density at radius 2 is 1.52 bits per heavy atom. The van der Waals surface area contributed by atoms with Gasteiger partial charge in [-0.15, -0.1) is 0 Å². The molecule has 2 aromatic rings. The summed E-state index contributed by atoms with van der Waals surface area (Å²) in [5.74, 6) is 1.06. The summed E-state index contributed by atoms with van der Waals surface area (Å²) in [4.78, 5) is 0. The first-order chi connectivity index (χ1) is 9.74. The molecule has 130 valence electrons. The quantitative estimate of drug-likeness (QED) is 0.711. The van der Waals surface area contributed by atoms with Crippen LogP contribution in [0, 0.1) is 6.92 Å². The molecule has 0 saturated heterocycles. The summed E-state index contributed by atoms with van der Waals surface area (Å²) in [7, 11) is 1.53. The summed E-state index contributed by atoms with van der Waals surface area (Å²) < 4.78 is 4.85. The van der Waals surface area contributed by atoms with Crippen molar-refractivity contribution in [2.45, 2.75) is 48.0 Å². The largest absolute Gasteiger partial charge is 0.508 e. The predicted octanol–water partition coefficient (Wildman–Crippen LogP) is 5.67. The molecule has 2 rings (SSSR count). The second-order valence-electron chi connectivity index (χ2n) is 5.98. The van der Waals surface area contributed by atoms with Gasteiger partial charge in [0.05, 0.1) is 7.11 Å². The van der Waals surface area contributed by atoms with Crippen molar-refractivity contribution in [3.63, 3.8) is 0 Å². The van der Waals surface area contributed by atoms with E-state index in [1.165, 1.54) is 7.11 Å². The molecular formula is C20H32O3. The number of benzene rings is 2. The minimum absolute atomic E-state index is 0. The maximum Gasteiger partial charge on any atom is 0.160 e. The number of aryl methyl sites for hydroxylation is 1. The molecule has 2 aromatic carbocycles. The van der Waals surface area contributed by atoms with Crippen LogP contribution in [0.25, 0.3) is 0 Å². The second kappa shape index (κ2) is 9.78. The molecule has 0 aliphatic rings. The normalized spacial score (nSPS) is 9.61. The molecule has 0 amide bonds. The van der Waals surface area contributed by atoms with Gasteiger partial charge in [-0.05, 0) is 47.7 Å². The Bertz CT molecular complexity index is 584. The minimum atomic E-state index is 0. The standard InChI is InChI=1S/C10H14O.C8H10O2.2CH4/c1-10(2,3)8-5-4-6-9(11)7-8;1-6-3-4-8(10-2)7(9)5-6;;/h4-7,11H,1-3H3;3-5,9H,1-2H3;2*1H4. The van der Waals surface area contributed by atoms with E-state index in [1.54, 1.807) is 24.3 Å². The van der Waals surface area contributed by atoms with Crippen LogP contribution in [0.1, 0.15) is 46.8 Å². The molecule has 2 N–H and O–H groups in total. The van der Waals surface area contributed by atoms with Crippen molar-refractivity contribution in [2.24, 2.45) is 0 Å². The Hall–Kier alpha value is -2.16. The Morgan fingerprint density at radius 3 is 1.91 bits per heavy atom. The summed E-state index contributed by atoms with van der Waals surface area (Å²) in [5.41, 5.74) is 2.31. The van der Waals surface area contributed by atoms with Gasteiger partial charge in [0.2, 0.25) is 0 Å². The molecule has 3 heteroatoms. The summed E-state index contributed by atoms with van der Waals surface area (Å²) in [6.45, 7) is 8.30. The maximum atomic E-state index is 9.18. The number of phenols is 2. The van der Waals surface area contributed by atoms with Gasteiger partial charge >= 0.3 is 0 Å². The first kappa shape index (κ1) is 23.1. The summed E-state index contributed by atoms with van der Waals surface area (Å²) in [6, 6.07) is 12.7. The average Bonchev–Trinajstić information content (AvgIpc) is 2.38. The van der Waals surface area contributed by atoms with Crippen LogP contribution in [0.2, 0.25) is 0 Å². The maximum absolute atomic E-state index is 9.18. The molecule has 0 aromatic heterocycles. The third kappa shape index (κ3) is 7.59. The van der Waals surface area contributed by atoms with Crippen LogP contribution in [-0.2, 0) is 5.41 Å². The molecule has 0 aliphatic heterocycles. The topological polar surface area (TPSA) is 49.7 Å². The van der Waals surface area contributed by atoms with E-state index < -0.39 is 0 Å². The van der Waals surface area contributed by atoms with Gasteiger partial charge < -0.3 is 14.9 Å². The Labute approximate surface area is 141 Å². The smallest absolute Gasteiger partial charge is 0.160 e. The third-order valence-corrected chi connectivity index (χ3v) is 3.05. The van der Waals surface area contributed by atoms with Gasteiger partial charge in [-0.2, -0.15) is 0 Å². The fourth-order valence-electron chi connectivity index (χ4n) is 1.77. The fraction of sp³-hybridized carbons (Fsp3) is 0.400. The lowest BCUT2D eigenvalue weighted by atomic mass is 9.87. The number of methoxy groups -OCH3 is 1. The number of ether oxygens (including phenoxy) is 1. The van der Waals surface area contributed by atoms with E-state index in [1.807, 2.05) is 25.1 Å². The molecule has 0 saturated carbocycles. The molecule has 0 unspecified atom stereocenters. The number of hydrogen-bond acceptors (Lipinski definition) is 3. The van der Waals surface area contributed by atoms with Gasteiger partial charge in [0.1, 0.15) is 5.75 Å². The van der Waals surface area contributed by atoms with Gasteiger partial charge in [0, 0.05) is 0 Å². The van der Waals surface area contributed by atoms with E-state index in [-0.39, 0.29) is 26.0 Å². The average molecular weight is 320 g/mol. The van der Waals surface area contributed by atoms with Crippen molar-refractivity contribution in [3.05, 3.63) is 53.6 Å². The molecule has 23 heavy (non-hydrogen) atoms. The van der Waals surface area contributed by atoms with Crippen molar-refractivity contribution in [3.8, 4) is 17.2 Å². The van der Waals surface area contributed by atoms with Crippen LogP contribution in [0.4, 0.5) is 0 Å². The van der Waals surface area contributed by atoms with E-state index in [9.17, 15) is 5.11 Å². The van der Waals surface area contributed by atoms with E-state index >= 15 is 0 Å². The molecule has 0 radical (unpaired) electrons. The van der Waals surface area contributed by atoms with Gasteiger partial charge in [-0.3, -0.25) is 0 Å². The summed E-state index contributed by atoms with van der Waals surface area (Å²) in [5, 5.41) is 18.3. The number of hydrogen-bond donors (Lipinski definition) is 2. The second-order valence-corrected chi connectivity index (χ2v) is 5.98. The first-order valence-corrected chi connectivity index (χ1v) is 6.87. The highest BCUT2D eigenvalue weighted by molar-refractivity contribution is 5.41. The Morgan fingerprint density at radius 1 is 0.913 bits per heavy atom. The zero-order valence-corrected chi connectivity index (χ0v) is 13.3. The van der Waals surface area contributed by atoms with Crippen LogP contribution in [0.15, 0.2) is 42.5 Å². The Kier molecular flexibility index (Phi) is 9.82. The van der Waals surface area contributed by atoms with Crippen LogP contribution >= 0.6 is 0 Å². The monoisotopic (exact) mass is 320 g/mol. The van der Waals surface area contributed by atoms with Crippen LogP contribution < -0.4 is 4.74 Å². The fourth-order valence-corrected chi connectivity index (χ4v) is 1.77. The lowest BCUT2D eigenvalue weighted by Crippen LogP contribution is -2.10. The van der Waals surface area contributed by atoms with Gasteiger partial charge in [0.15, 0.2) is 11.5 Å². The highest BCUT2D eigenvalue weighted by Crippen LogP contribution is 2.25. The zero-order chi connectivity index (χ0) is 16.0. The highest BCUT2D eigenvalue weighted by atomic mass is 16.5. The highest BCUT2D eigenvalue weighted by Gasteiger charge is 2.12. The van der Waals surface area contributed by atoms with Gasteiger partial charge in [-0.1, -0.05) is 53.8 Å². The van der Waals surface area contributed by atoms with E-state index in [2.05, 4.69) is 20.8 Å². The molecule has 0 spiro atoms. The molecule has 0 fully saturated rings. The van der Waals surface area contributed by atoms with Gasteiger partial charge in [-0.25, -0.2) is 0 Å². The third-order valence-electron chi connectivity index (χ3n) is 3.05. The van der Waals surface area contributed by atoms with Crippen LogP contribution in [-0.4, -0.2) is 17.3 Å². The van der Waals surface area contributed by atoms with Crippen LogP contribution in [0.5, 0.6) is 17.2 Å². The van der Waals surface area contributed by atoms with Crippen LogP contribution in [0.3, 0.4) is 0 Å². The number of rotatable bonds is 1. The summed E-state index contributed by atoms with van der Waals surface area (Å²) in [6.07, 6.45) is 0. The molecule has 0 heterocycles. The molecular weight excluding hydrogens is 288 g/mol. The zero-order valence-electron chi connectivity index (χ0n) is 13.3. The Balaban J connectivity index is 0. The number of aromatic hydroxyl groups is 2. The lowest BCUT2D eigenvalue weighted by molar-refractivity contribution is 0.373. The van der Waals surface area contributed by atoms with E-state index in [0.29, 0.717) is 11.5 Å². The van der Waals surface area contributed by atoms with Crippen molar-refractivity contribution in [1.29, 1.82) is 0 Å². The lowest BCUT2D eigenvalue weighted by Gasteiger charge is -2.18. The SMILES string of the molecule is C.C.CC(C)(C)c1cccc(O)c1.COc1ccc(C)cc1O. The van der Waals surface area contributed by atoms with Crippen molar-refractivity contribution < 1.29 is 14.9 Å². The van der Waals surface area contributed by atoms with Crippen molar-refractivity contribution in [1.82, 2.24) is 0 Å². The molecule has 0 aliphatic carbocycles. The van der Waals surface area contributed by atoms with E-state index in [4.69, 9.17) is 9.84 Å². The van der Waals surface area contributed by atoms with Gasteiger partial charge in [0.25, 0.3) is 0 Å². The molecule has 0 atom stereocenters. The minimum Gasteiger partial charge on any atom is -0.508 e. The molecule has 3 nitrogen and oxygen atoms in total. The number of phenolic OH excluding ortho intramolecular Hbond substituents is 2. The van der Waals surface area contributed by atoms with Crippen molar-refractivity contribution >= 4 is 0 Å². The molecule has 0 bridgehead atoms. The predicted molar refractivity (Wildman–Crippen MR) is 99.7 cm³/mol.